The molecular formula is C15H16Cl2N2O2. The molecule has 0 radical (unpaired) electrons. The average Bonchev–Trinajstić information content (AvgIpc) is 2.47. The SMILES string of the molecule is O=C(COc1ccc(Cl)cc1Cl)NN=CC1CC=CCC1. The third kappa shape index (κ3) is 5.40. The Bertz CT molecular complexity index is 559. The van der Waals surface area contributed by atoms with Gasteiger partial charge in [0.2, 0.25) is 0 Å². The van der Waals surface area contributed by atoms with Crippen LogP contribution in [0.25, 0.3) is 0 Å². The number of ether oxygens (including phenoxy) is 1. The number of nitrogens with zero attached hydrogens (tertiary/aromatic N) is 1. The highest BCUT2D eigenvalue weighted by Gasteiger charge is 2.08. The van der Waals surface area contributed by atoms with Gasteiger partial charge in [-0.1, -0.05) is 35.4 Å². The monoisotopic (exact) mass is 326 g/mol. The quantitative estimate of drug-likeness (QED) is 0.508. The summed E-state index contributed by atoms with van der Waals surface area (Å²) in [5.74, 6) is 0.475. The summed E-state index contributed by atoms with van der Waals surface area (Å²) in [6.45, 7) is -0.150. The van der Waals surface area contributed by atoms with Gasteiger partial charge in [0.1, 0.15) is 5.75 Å². The zero-order valence-electron chi connectivity index (χ0n) is 11.4. The highest BCUT2D eigenvalue weighted by molar-refractivity contribution is 6.35. The first-order chi connectivity index (χ1) is 10.1. The number of hydrogen-bond donors (Lipinski definition) is 1. The van der Waals surface area contributed by atoms with E-state index in [1.807, 2.05) is 0 Å². The lowest BCUT2D eigenvalue weighted by molar-refractivity contribution is -0.123. The van der Waals surface area contributed by atoms with Gasteiger partial charge in [0.15, 0.2) is 6.61 Å². The van der Waals surface area contributed by atoms with Crippen molar-refractivity contribution in [3.05, 3.63) is 40.4 Å². The molecule has 0 fully saturated rings. The standard InChI is InChI=1S/C15H16Cl2N2O2/c16-12-6-7-14(13(17)8-12)21-10-15(20)19-18-9-11-4-2-1-3-5-11/h1-2,6-9,11H,3-5,10H2,(H,19,20). The molecule has 6 heteroatoms. The molecule has 0 heterocycles. The molecule has 2 rings (SSSR count). The van der Waals surface area contributed by atoms with Crippen LogP contribution in [0.1, 0.15) is 19.3 Å². The molecule has 0 bridgehead atoms. The molecule has 1 aliphatic carbocycles. The Hall–Kier alpha value is -1.52. The maximum atomic E-state index is 11.6. The molecule has 1 unspecified atom stereocenters. The van der Waals surface area contributed by atoms with Gasteiger partial charge in [-0.2, -0.15) is 5.10 Å². The van der Waals surface area contributed by atoms with Crippen molar-refractivity contribution in [1.29, 1.82) is 0 Å². The van der Waals surface area contributed by atoms with Crippen molar-refractivity contribution in [2.24, 2.45) is 11.0 Å². The zero-order valence-corrected chi connectivity index (χ0v) is 12.9. The van der Waals surface area contributed by atoms with Crippen LogP contribution in [0.5, 0.6) is 5.75 Å². The van der Waals surface area contributed by atoms with E-state index >= 15 is 0 Å². The molecule has 1 aromatic rings. The number of hydrazone groups is 1. The van der Waals surface area contributed by atoms with E-state index in [9.17, 15) is 4.79 Å². The minimum absolute atomic E-state index is 0.150. The minimum atomic E-state index is -0.330. The maximum absolute atomic E-state index is 11.6. The molecule has 0 spiro atoms. The third-order valence-electron chi connectivity index (χ3n) is 3.04. The molecule has 1 amide bonds. The molecular weight excluding hydrogens is 311 g/mol. The zero-order chi connectivity index (χ0) is 15.1. The highest BCUT2D eigenvalue weighted by atomic mass is 35.5. The summed E-state index contributed by atoms with van der Waals surface area (Å²) in [5, 5.41) is 4.84. The summed E-state index contributed by atoms with van der Waals surface area (Å²) in [4.78, 5) is 11.6. The van der Waals surface area contributed by atoms with Gasteiger partial charge < -0.3 is 4.74 Å². The topological polar surface area (TPSA) is 50.7 Å². The summed E-state index contributed by atoms with van der Waals surface area (Å²) in [6.07, 6.45) is 9.16. The maximum Gasteiger partial charge on any atom is 0.277 e. The van der Waals surface area contributed by atoms with Crippen molar-refractivity contribution in [2.45, 2.75) is 19.3 Å². The Morgan fingerprint density at radius 1 is 1.43 bits per heavy atom. The summed E-state index contributed by atoms with van der Waals surface area (Å²) < 4.78 is 5.31. The summed E-state index contributed by atoms with van der Waals surface area (Å²) in [7, 11) is 0. The minimum Gasteiger partial charge on any atom is -0.482 e. The fourth-order valence-electron chi connectivity index (χ4n) is 1.93. The van der Waals surface area contributed by atoms with Crippen LogP contribution in [0.2, 0.25) is 10.0 Å². The van der Waals surface area contributed by atoms with Crippen molar-refractivity contribution in [1.82, 2.24) is 5.43 Å². The Labute approximate surface area is 133 Å². The number of carbonyl (C=O) groups excluding carboxylic acids is 1. The van der Waals surface area contributed by atoms with Gasteiger partial charge in [0, 0.05) is 11.2 Å². The molecule has 21 heavy (non-hydrogen) atoms. The van der Waals surface area contributed by atoms with E-state index in [2.05, 4.69) is 22.7 Å². The normalized spacial score (nSPS) is 17.9. The number of allylic oxidation sites excluding steroid dienone is 2. The molecule has 0 saturated carbocycles. The van der Waals surface area contributed by atoms with Crippen molar-refractivity contribution in [3.63, 3.8) is 0 Å². The van der Waals surface area contributed by atoms with Crippen LogP contribution < -0.4 is 10.2 Å². The van der Waals surface area contributed by atoms with Crippen molar-refractivity contribution in [3.8, 4) is 5.75 Å². The smallest absolute Gasteiger partial charge is 0.277 e. The van der Waals surface area contributed by atoms with Gasteiger partial charge in [-0.25, -0.2) is 5.43 Å². The van der Waals surface area contributed by atoms with Crippen LogP contribution in [0.4, 0.5) is 0 Å². The van der Waals surface area contributed by atoms with Crippen LogP contribution in [-0.2, 0) is 4.79 Å². The fraction of sp³-hybridized carbons (Fsp3) is 0.333. The fourth-order valence-corrected chi connectivity index (χ4v) is 2.40. The van der Waals surface area contributed by atoms with Gasteiger partial charge in [-0.15, -0.1) is 0 Å². The number of benzene rings is 1. The summed E-state index contributed by atoms with van der Waals surface area (Å²) >= 11 is 11.7. The number of halogens is 2. The van der Waals surface area contributed by atoms with Crippen LogP contribution in [0.15, 0.2) is 35.5 Å². The summed E-state index contributed by atoms with van der Waals surface area (Å²) in [5.41, 5.74) is 2.44. The molecule has 0 aromatic heterocycles. The van der Waals surface area contributed by atoms with Gasteiger partial charge in [-0.3, -0.25) is 4.79 Å². The van der Waals surface area contributed by atoms with Gasteiger partial charge >= 0.3 is 0 Å². The van der Waals surface area contributed by atoms with E-state index in [1.54, 1.807) is 24.4 Å². The van der Waals surface area contributed by atoms with E-state index in [0.29, 0.717) is 21.7 Å². The molecule has 4 nitrogen and oxygen atoms in total. The van der Waals surface area contributed by atoms with E-state index in [1.165, 1.54) is 0 Å². The lowest BCUT2D eigenvalue weighted by Crippen LogP contribution is -2.25. The molecule has 0 aliphatic heterocycles. The molecule has 1 atom stereocenters. The second kappa shape index (κ2) is 8.05. The van der Waals surface area contributed by atoms with Crippen molar-refractivity contribution < 1.29 is 9.53 Å². The Kier molecular flexibility index (Phi) is 6.08. The van der Waals surface area contributed by atoms with Crippen molar-refractivity contribution >= 4 is 35.3 Å². The van der Waals surface area contributed by atoms with Crippen LogP contribution in [0, 0.1) is 5.92 Å². The van der Waals surface area contributed by atoms with E-state index in [-0.39, 0.29) is 12.5 Å². The lowest BCUT2D eigenvalue weighted by Gasteiger charge is -2.11. The number of hydrogen-bond acceptors (Lipinski definition) is 3. The Morgan fingerprint density at radius 3 is 3.00 bits per heavy atom. The van der Waals surface area contributed by atoms with E-state index in [4.69, 9.17) is 27.9 Å². The first-order valence-electron chi connectivity index (χ1n) is 6.70. The molecule has 1 aromatic carbocycles. The first-order valence-corrected chi connectivity index (χ1v) is 7.45. The van der Waals surface area contributed by atoms with E-state index < -0.39 is 0 Å². The lowest BCUT2D eigenvalue weighted by atomic mass is 9.96. The second-order valence-electron chi connectivity index (χ2n) is 4.72. The number of nitrogens with one attached hydrogen (secondary N) is 1. The highest BCUT2D eigenvalue weighted by Crippen LogP contribution is 2.27. The molecule has 1 aliphatic rings. The largest absolute Gasteiger partial charge is 0.482 e. The van der Waals surface area contributed by atoms with Gasteiger partial charge in [-0.05, 0) is 43.4 Å². The van der Waals surface area contributed by atoms with Crippen LogP contribution >= 0.6 is 23.2 Å². The third-order valence-corrected chi connectivity index (χ3v) is 3.57. The summed E-state index contributed by atoms with van der Waals surface area (Å²) in [6, 6.07) is 4.83. The number of amides is 1. The Morgan fingerprint density at radius 2 is 2.29 bits per heavy atom. The Balaban J connectivity index is 1.74. The second-order valence-corrected chi connectivity index (χ2v) is 5.56. The van der Waals surface area contributed by atoms with Crippen molar-refractivity contribution in [2.75, 3.05) is 6.61 Å². The van der Waals surface area contributed by atoms with Gasteiger partial charge in [0.25, 0.3) is 5.91 Å². The predicted molar refractivity (Wildman–Crippen MR) is 85.1 cm³/mol. The molecule has 0 saturated heterocycles. The molecule has 112 valence electrons. The van der Waals surface area contributed by atoms with Crippen LogP contribution in [-0.4, -0.2) is 18.7 Å². The average molecular weight is 327 g/mol. The van der Waals surface area contributed by atoms with Crippen LogP contribution in [0.3, 0.4) is 0 Å². The first kappa shape index (κ1) is 15.9. The van der Waals surface area contributed by atoms with E-state index in [0.717, 1.165) is 19.3 Å². The predicted octanol–water partition coefficient (Wildman–Crippen LogP) is 3.83. The number of rotatable bonds is 5. The van der Waals surface area contributed by atoms with Gasteiger partial charge in [0.05, 0.1) is 5.02 Å². The number of carbonyl (C=O) groups is 1. The molecule has 1 N–H and O–H groups in total.